The number of aryl methyl sites for hydroxylation is 1. The lowest BCUT2D eigenvalue weighted by molar-refractivity contribution is -0.127. The van der Waals surface area contributed by atoms with E-state index in [2.05, 4.69) is 5.32 Å². The number of methoxy groups -OCH3 is 1. The number of rotatable bonds is 6. The van der Waals surface area contributed by atoms with Crippen molar-refractivity contribution < 1.29 is 14.3 Å². The number of ether oxygens (including phenoxy) is 2. The first kappa shape index (κ1) is 15.9. The van der Waals surface area contributed by atoms with E-state index in [4.69, 9.17) is 9.47 Å². The van der Waals surface area contributed by atoms with Crippen LogP contribution in [0.1, 0.15) is 18.1 Å². The Kier molecular flexibility index (Phi) is 5.42. The third-order valence-electron chi connectivity index (χ3n) is 3.33. The highest BCUT2D eigenvalue weighted by Gasteiger charge is 2.14. The number of carbonyl (C=O) groups is 1. The molecular formula is C18H21NO3. The van der Waals surface area contributed by atoms with Crippen LogP contribution in [-0.4, -0.2) is 19.1 Å². The van der Waals surface area contributed by atoms with Gasteiger partial charge in [0.15, 0.2) is 6.10 Å². The van der Waals surface area contributed by atoms with Crippen molar-refractivity contribution in [2.75, 3.05) is 7.11 Å². The zero-order valence-electron chi connectivity index (χ0n) is 13.1. The van der Waals surface area contributed by atoms with Crippen LogP contribution < -0.4 is 14.8 Å². The minimum absolute atomic E-state index is 0.142. The van der Waals surface area contributed by atoms with Gasteiger partial charge in [0.2, 0.25) is 0 Å². The first-order valence-corrected chi connectivity index (χ1v) is 7.22. The zero-order valence-corrected chi connectivity index (χ0v) is 13.1. The molecule has 0 unspecified atom stereocenters. The Bertz CT molecular complexity index is 605. The fourth-order valence-electron chi connectivity index (χ4n) is 1.95. The number of nitrogens with one attached hydrogen (secondary N) is 1. The Morgan fingerprint density at radius 3 is 2.23 bits per heavy atom. The molecule has 1 atom stereocenters. The van der Waals surface area contributed by atoms with Crippen molar-refractivity contribution in [3.8, 4) is 11.5 Å². The molecule has 1 N–H and O–H groups in total. The molecule has 0 saturated heterocycles. The smallest absolute Gasteiger partial charge is 0.261 e. The number of hydrogen-bond donors (Lipinski definition) is 1. The maximum atomic E-state index is 12.0. The van der Waals surface area contributed by atoms with Gasteiger partial charge in [-0.05, 0) is 43.7 Å². The molecule has 4 heteroatoms. The van der Waals surface area contributed by atoms with Crippen LogP contribution in [0, 0.1) is 6.92 Å². The zero-order chi connectivity index (χ0) is 15.9. The molecule has 0 aliphatic rings. The predicted octanol–water partition coefficient (Wildman–Crippen LogP) is 3.09. The van der Waals surface area contributed by atoms with Gasteiger partial charge in [0.25, 0.3) is 5.91 Å². The van der Waals surface area contributed by atoms with Gasteiger partial charge in [-0.3, -0.25) is 4.79 Å². The predicted molar refractivity (Wildman–Crippen MR) is 86.1 cm³/mol. The Hall–Kier alpha value is -2.49. The molecule has 0 heterocycles. The largest absolute Gasteiger partial charge is 0.497 e. The highest BCUT2D eigenvalue weighted by molar-refractivity contribution is 5.80. The van der Waals surface area contributed by atoms with E-state index >= 15 is 0 Å². The van der Waals surface area contributed by atoms with Crippen LogP contribution in [0.3, 0.4) is 0 Å². The van der Waals surface area contributed by atoms with E-state index < -0.39 is 6.10 Å². The second-order valence-corrected chi connectivity index (χ2v) is 5.14. The van der Waals surface area contributed by atoms with Crippen LogP contribution in [0.15, 0.2) is 48.5 Å². The third-order valence-corrected chi connectivity index (χ3v) is 3.33. The maximum Gasteiger partial charge on any atom is 0.261 e. The Balaban J connectivity index is 1.84. The van der Waals surface area contributed by atoms with Crippen molar-refractivity contribution in [1.29, 1.82) is 0 Å². The van der Waals surface area contributed by atoms with Crippen LogP contribution >= 0.6 is 0 Å². The lowest BCUT2D eigenvalue weighted by Crippen LogP contribution is -2.35. The Morgan fingerprint density at radius 2 is 1.64 bits per heavy atom. The van der Waals surface area contributed by atoms with Crippen molar-refractivity contribution in [1.82, 2.24) is 5.32 Å². The minimum Gasteiger partial charge on any atom is -0.497 e. The molecule has 0 radical (unpaired) electrons. The van der Waals surface area contributed by atoms with Gasteiger partial charge in [0.05, 0.1) is 7.11 Å². The number of amides is 1. The summed E-state index contributed by atoms with van der Waals surface area (Å²) in [7, 11) is 1.61. The number of carbonyl (C=O) groups excluding carboxylic acids is 1. The van der Waals surface area contributed by atoms with E-state index in [1.165, 1.54) is 5.56 Å². The van der Waals surface area contributed by atoms with Gasteiger partial charge in [-0.2, -0.15) is 0 Å². The molecule has 2 aromatic rings. The average Bonchev–Trinajstić information content (AvgIpc) is 2.54. The lowest BCUT2D eigenvalue weighted by Gasteiger charge is -2.15. The first-order chi connectivity index (χ1) is 10.6. The van der Waals surface area contributed by atoms with E-state index in [-0.39, 0.29) is 5.91 Å². The van der Waals surface area contributed by atoms with Crippen molar-refractivity contribution in [3.05, 3.63) is 59.7 Å². The summed E-state index contributed by atoms with van der Waals surface area (Å²) in [6.45, 7) is 4.26. The molecule has 1 amide bonds. The van der Waals surface area contributed by atoms with E-state index in [1.807, 2.05) is 31.2 Å². The van der Waals surface area contributed by atoms with Gasteiger partial charge >= 0.3 is 0 Å². The van der Waals surface area contributed by atoms with E-state index in [1.54, 1.807) is 38.3 Å². The summed E-state index contributed by atoms with van der Waals surface area (Å²) < 4.78 is 10.7. The SMILES string of the molecule is COc1ccc(O[C@@H](C)C(=O)NCc2ccc(C)cc2)cc1. The molecule has 0 bridgehead atoms. The van der Waals surface area contributed by atoms with E-state index in [0.29, 0.717) is 12.3 Å². The van der Waals surface area contributed by atoms with Gasteiger partial charge in [0, 0.05) is 6.54 Å². The molecule has 22 heavy (non-hydrogen) atoms. The first-order valence-electron chi connectivity index (χ1n) is 7.22. The standard InChI is InChI=1S/C18H21NO3/c1-13-4-6-15(7-5-13)12-19-18(20)14(2)22-17-10-8-16(21-3)9-11-17/h4-11,14H,12H2,1-3H3,(H,19,20)/t14-/m0/s1. The molecule has 116 valence electrons. The van der Waals surface area contributed by atoms with Gasteiger partial charge in [-0.25, -0.2) is 0 Å². The summed E-state index contributed by atoms with van der Waals surface area (Å²) in [4.78, 5) is 12.0. The summed E-state index contributed by atoms with van der Waals surface area (Å²) in [5.74, 6) is 1.25. The summed E-state index contributed by atoms with van der Waals surface area (Å²) in [5, 5.41) is 2.87. The van der Waals surface area contributed by atoms with Gasteiger partial charge in [0.1, 0.15) is 11.5 Å². The number of hydrogen-bond acceptors (Lipinski definition) is 3. The molecule has 4 nitrogen and oxygen atoms in total. The van der Waals surface area contributed by atoms with Crippen molar-refractivity contribution in [2.24, 2.45) is 0 Å². The monoisotopic (exact) mass is 299 g/mol. The van der Waals surface area contributed by atoms with Crippen LogP contribution in [-0.2, 0) is 11.3 Å². The highest BCUT2D eigenvalue weighted by Crippen LogP contribution is 2.18. The summed E-state index contributed by atoms with van der Waals surface area (Å²) >= 11 is 0. The minimum atomic E-state index is -0.557. The van der Waals surface area contributed by atoms with Crippen LogP contribution in [0.5, 0.6) is 11.5 Å². The van der Waals surface area contributed by atoms with Crippen LogP contribution in [0.4, 0.5) is 0 Å². The van der Waals surface area contributed by atoms with Crippen molar-refractivity contribution in [3.63, 3.8) is 0 Å². The second-order valence-electron chi connectivity index (χ2n) is 5.14. The molecule has 0 fully saturated rings. The topological polar surface area (TPSA) is 47.6 Å². The Morgan fingerprint density at radius 1 is 1.05 bits per heavy atom. The van der Waals surface area contributed by atoms with E-state index in [0.717, 1.165) is 11.3 Å². The summed E-state index contributed by atoms with van der Waals surface area (Å²) in [6.07, 6.45) is -0.557. The second kappa shape index (κ2) is 7.50. The fourth-order valence-corrected chi connectivity index (χ4v) is 1.95. The molecule has 0 saturated carbocycles. The molecule has 0 aromatic heterocycles. The molecule has 2 aromatic carbocycles. The Labute approximate surface area is 131 Å². The average molecular weight is 299 g/mol. The van der Waals surface area contributed by atoms with Crippen molar-refractivity contribution >= 4 is 5.91 Å². The molecule has 0 aliphatic heterocycles. The lowest BCUT2D eigenvalue weighted by atomic mass is 10.1. The van der Waals surface area contributed by atoms with Gasteiger partial charge < -0.3 is 14.8 Å². The maximum absolute atomic E-state index is 12.0. The van der Waals surface area contributed by atoms with Crippen LogP contribution in [0.2, 0.25) is 0 Å². The number of benzene rings is 2. The third kappa shape index (κ3) is 4.52. The van der Waals surface area contributed by atoms with Gasteiger partial charge in [-0.15, -0.1) is 0 Å². The summed E-state index contributed by atoms with van der Waals surface area (Å²) in [5.41, 5.74) is 2.27. The van der Waals surface area contributed by atoms with Crippen molar-refractivity contribution in [2.45, 2.75) is 26.5 Å². The molecule has 0 spiro atoms. The quantitative estimate of drug-likeness (QED) is 0.891. The molecule has 2 rings (SSSR count). The molecular weight excluding hydrogens is 278 g/mol. The molecule has 0 aliphatic carbocycles. The van der Waals surface area contributed by atoms with E-state index in [9.17, 15) is 4.79 Å². The normalized spacial score (nSPS) is 11.6. The van der Waals surface area contributed by atoms with Crippen LogP contribution in [0.25, 0.3) is 0 Å². The summed E-state index contributed by atoms with van der Waals surface area (Å²) in [6, 6.07) is 15.2. The highest BCUT2D eigenvalue weighted by atomic mass is 16.5. The fraction of sp³-hybridized carbons (Fsp3) is 0.278. The van der Waals surface area contributed by atoms with Gasteiger partial charge in [-0.1, -0.05) is 29.8 Å².